The fourth-order valence-electron chi connectivity index (χ4n) is 0.851. The molecule has 2 N–H and O–H groups in total. The third-order valence-corrected chi connectivity index (χ3v) is 2.37. The van der Waals surface area contributed by atoms with E-state index in [0.29, 0.717) is 0 Å². The van der Waals surface area contributed by atoms with E-state index in [0.717, 1.165) is 0 Å². The molecule has 0 saturated carbocycles. The van der Waals surface area contributed by atoms with Crippen molar-refractivity contribution in [3.63, 3.8) is 0 Å². The normalized spacial score (nSPS) is 15.5. The number of hydrogen-bond acceptors (Lipinski definition) is 3. The van der Waals surface area contributed by atoms with Crippen molar-refractivity contribution in [1.82, 2.24) is 0 Å². The van der Waals surface area contributed by atoms with Crippen molar-refractivity contribution in [2.24, 2.45) is 5.14 Å². The standard InChI is InChI=1S/C6H6F9NO3S/c7-3(8,1-2-19-20(16,17)18)4(9,10)5(11,12)6(13,14)15/h1-2H2,(H2,16,17,18). The molecule has 0 rings (SSSR count). The number of halogens is 9. The zero-order valence-electron chi connectivity index (χ0n) is 9.03. The summed E-state index contributed by atoms with van der Waals surface area (Å²) in [6.07, 6.45) is -9.36. The van der Waals surface area contributed by atoms with Gasteiger partial charge in [0.05, 0.1) is 6.61 Å². The summed E-state index contributed by atoms with van der Waals surface area (Å²) in [6.45, 7) is -1.81. The molecule has 0 aromatic carbocycles. The van der Waals surface area contributed by atoms with Crippen LogP contribution >= 0.6 is 0 Å². The summed E-state index contributed by atoms with van der Waals surface area (Å²) in [4.78, 5) is 0. The zero-order valence-corrected chi connectivity index (χ0v) is 9.84. The SMILES string of the molecule is NS(=O)(=O)OCCC(F)(F)C(F)(F)C(F)(F)C(F)(F)F. The molecule has 122 valence electrons. The van der Waals surface area contributed by atoms with Gasteiger partial charge in [-0.05, 0) is 0 Å². The van der Waals surface area contributed by atoms with Crippen LogP contribution in [0.3, 0.4) is 0 Å². The van der Waals surface area contributed by atoms with E-state index < -0.39 is 47.3 Å². The highest BCUT2D eigenvalue weighted by atomic mass is 32.2. The summed E-state index contributed by atoms with van der Waals surface area (Å²) in [5.41, 5.74) is 0. The first-order valence-corrected chi connectivity index (χ1v) is 5.80. The minimum Gasteiger partial charge on any atom is -0.258 e. The maximum Gasteiger partial charge on any atom is 0.460 e. The number of hydrogen-bond donors (Lipinski definition) is 1. The molecule has 0 fully saturated rings. The van der Waals surface area contributed by atoms with Gasteiger partial charge in [-0.3, -0.25) is 4.18 Å². The smallest absolute Gasteiger partial charge is 0.258 e. The minimum atomic E-state index is -7.02. The molecule has 0 aromatic rings. The molecule has 0 radical (unpaired) electrons. The lowest BCUT2D eigenvalue weighted by molar-refractivity contribution is -0.397. The first kappa shape index (κ1) is 19.2. The Hall–Kier alpha value is -0.760. The van der Waals surface area contributed by atoms with Gasteiger partial charge in [-0.15, -0.1) is 0 Å². The lowest BCUT2D eigenvalue weighted by atomic mass is 10.0. The molecule has 20 heavy (non-hydrogen) atoms. The maximum atomic E-state index is 12.8. The van der Waals surface area contributed by atoms with Gasteiger partial charge < -0.3 is 0 Å². The van der Waals surface area contributed by atoms with Crippen molar-refractivity contribution in [2.75, 3.05) is 6.61 Å². The molecule has 0 aromatic heterocycles. The Balaban J connectivity index is 5.17. The van der Waals surface area contributed by atoms with Gasteiger partial charge in [0.1, 0.15) is 0 Å². The summed E-state index contributed by atoms with van der Waals surface area (Å²) in [7, 11) is -4.84. The van der Waals surface area contributed by atoms with Gasteiger partial charge in [0, 0.05) is 6.42 Å². The molecule has 0 saturated heterocycles. The number of rotatable bonds is 6. The van der Waals surface area contributed by atoms with Gasteiger partial charge in [0.15, 0.2) is 0 Å². The average Bonchev–Trinajstić information content (AvgIpc) is 2.12. The molecule has 4 nitrogen and oxygen atoms in total. The van der Waals surface area contributed by atoms with Gasteiger partial charge in [-0.2, -0.15) is 47.9 Å². The second-order valence-corrected chi connectivity index (χ2v) is 4.64. The van der Waals surface area contributed by atoms with Crippen LogP contribution in [0.5, 0.6) is 0 Å². The van der Waals surface area contributed by atoms with Gasteiger partial charge >= 0.3 is 34.2 Å². The van der Waals surface area contributed by atoms with E-state index in [-0.39, 0.29) is 0 Å². The van der Waals surface area contributed by atoms with Crippen LogP contribution in [0.1, 0.15) is 6.42 Å². The highest BCUT2D eigenvalue weighted by Crippen LogP contribution is 2.53. The summed E-state index contributed by atoms with van der Waals surface area (Å²) < 4.78 is 134. The van der Waals surface area contributed by atoms with E-state index in [9.17, 15) is 47.9 Å². The van der Waals surface area contributed by atoms with Crippen molar-refractivity contribution in [2.45, 2.75) is 30.4 Å². The number of alkyl halides is 9. The van der Waals surface area contributed by atoms with Crippen molar-refractivity contribution in [1.29, 1.82) is 0 Å². The van der Waals surface area contributed by atoms with E-state index in [1.807, 2.05) is 0 Å². The second-order valence-electron chi connectivity index (χ2n) is 3.42. The average molecular weight is 343 g/mol. The first-order chi connectivity index (χ1) is 8.46. The molecule has 14 heteroatoms. The highest BCUT2D eigenvalue weighted by Gasteiger charge is 2.81. The Morgan fingerprint density at radius 3 is 1.55 bits per heavy atom. The maximum absolute atomic E-state index is 12.8. The molecule has 0 aliphatic rings. The monoisotopic (exact) mass is 343 g/mol. The van der Waals surface area contributed by atoms with Crippen LogP contribution in [0.2, 0.25) is 0 Å². The van der Waals surface area contributed by atoms with Crippen molar-refractivity contribution in [3.05, 3.63) is 0 Å². The van der Waals surface area contributed by atoms with Crippen LogP contribution in [0.15, 0.2) is 0 Å². The van der Waals surface area contributed by atoms with E-state index in [1.54, 1.807) is 0 Å². The third kappa shape index (κ3) is 3.88. The minimum absolute atomic E-state index is 1.81. The Bertz CT molecular complexity index is 443. The van der Waals surface area contributed by atoms with Crippen LogP contribution in [-0.4, -0.2) is 39.0 Å². The molecule has 0 aliphatic heterocycles. The van der Waals surface area contributed by atoms with Gasteiger partial charge in [0.2, 0.25) is 0 Å². The van der Waals surface area contributed by atoms with Crippen molar-refractivity contribution in [3.8, 4) is 0 Å². The number of nitrogens with two attached hydrogens (primary N) is 1. The third-order valence-electron chi connectivity index (χ3n) is 1.87. The topological polar surface area (TPSA) is 69.4 Å². The van der Waals surface area contributed by atoms with Gasteiger partial charge in [-0.1, -0.05) is 0 Å². The first-order valence-electron chi connectivity index (χ1n) is 4.33. The van der Waals surface area contributed by atoms with E-state index in [2.05, 4.69) is 9.32 Å². The molecule has 0 unspecified atom stereocenters. The molecule has 0 heterocycles. The summed E-state index contributed by atoms with van der Waals surface area (Å²) in [6, 6.07) is 0. The summed E-state index contributed by atoms with van der Waals surface area (Å²) in [5.74, 6) is -19.7. The van der Waals surface area contributed by atoms with Crippen LogP contribution < -0.4 is 5.14 Å². The van der Waals surface area contributed by atoms with E-state index in [1.165, 1.54) is 0 Å². The summed E-state index contributed by atoms with van der Waals surface area (Å²) in [5, 5.41) is 4.12. The van der Waals surface area contributed by atoms with E-state index in [4.69, 9.17) is 0 Å². The van der Waals surface area contributed by atoms with Gasteiger partial charge in [0.25, 0.3) is 0 Å². The molecule has 0 spiro atoms. The van der Waals surface area contributed by atoms with Crippen molar-refractivity contribution < 1.29 is 52.1 Å². The van der Waals surface area contributed by atoms with Crippen LogP contribution in [0.25, 0.3) is 0 Å². The molecular weight excluding hydrogens is 337 g/mol. The van der Waals surface area contributed by atoms with Crippen LogP contribution in [-0.2, 0) is 14.5 Å². The van der Waals surface area contributed by atoms with E-state index >= 15 is 0 Å². The molecule has 0 atom stereocenters. The predicted molar refractivity (Wildman–Crippen MR) is 44.6 cm³/mol. The Labute approximate surface area is 105 Å². The molecule has 0 amide bonds. The Morgan fingerprint density at radius 1 is 0.850 bits per heavy atom. The molecular formula is C6H6F9NO3S. The van der Waals surface area contributed by atoms with Gasteiger partial charge in [-0.25, -0.2) is 5.14 Å². The lowest BCUT2D eigenvalue weighted by Gasteiger charge is -2.33. The molecule has 0 aliphatic carbocycles. The van der Waals surface area contributed by atoms with Crippen LogP contribution in [0, 0.1) is 0 Å². The Morgan fingerprint density at radius 2 is 1.25 bits per heavy atom. The summed E-state index contributed by atoms with van der Waals surface area (Å²) >= 11 is 0. The fraction of sp³-hybridized carbons (Fsp3) is 1.00. The Kier molecular flexibility index (Phi) is 5.02. The lowest BCUT2D eigenvalue weighted by Crippen LogP contribution is -2.61. The highest BCUT2D eigenvalue weighted by molar-refractivity contribution is 7.84. The largest absolute Gasteiger partial charge is 0.460 e. The predicted octanol–water partition coefficient (Wildman–Crippen LogP) is 2.06. The second kappa shape index (κ2) is 5.22. The quantitative estimate of drug-likeness (QED) is 0.751. The van der Waals surface area contributed by atoms with Crippen LogP contribution in [0.4, 0.5) is 39.5 Å². The molecule has 0 bridgehead atoms. The zero-order chi connectivity index (χ0) is 16.6. The fourth-order valence-corrected chi connectivity index (χ4v) is 1.17. The van der Waals surface area contributed by atoms with Crippen molar-refractivity contribution >= 4 is 10.3 Å².